The van der Waals surface area contributed by atoms with E-state index in [1.165, 1.54) is 7.11 Å². The van der Waals surface area contributed by atoms with Crippen molar-refractivity contribution in [1.82, 2.24) is 40.0 Å². The van der Waals surface area contributed by atoms with Crippen LogP contribution in [0.15, 0.2) is 91.3 Å². The highest BCUT2D eigenvalue weighted by molar-refractivity contribution is 5.84. The summed E-state index contributed by atoms with van der Waals surface area (Å²) in [6.45, 7) is 8.98. The van der Waals surface area contributed by atoms with Crippen LogP contribution in [-0.4, -0.2) is 91.9 Å². The number of benzene rings is 3. The fourth-order valence-electron chi connectivity index (χ4n) is 8.24. The van der Waals surface area contributed by atoms with E-state index in [1.807, 2.05) is 40.4 Å². The summed E-state index contributed by atoms with van der Waals surface area (Å²) in [5.74, 6) is 1.71. The largest absolute Gasteiger partial charge is 0.453 e. The number of nitrogens with zero attached hydrogens (tertiary/aromatic N) is 5. The molecule has 0 bridgehead atoms. The Morgan fingerprint density at radius 3 is 1.79 bits per heavy atom. The number of likely N-dealkylation sites (N-methyl/N-ethyl adjacent to an activating group) is 1. The first-order valence-corrected chi connectivity index (χ1v) is 19.8. The van der Waals surface area contributed by atoms with Gasteiger partial charge in [-0.05, 0) is 73.5 Å². The first-order valence-electron chi connectivity index (χ1n) is 19.8. The van der Waals surface area contributed by atoms with E-state index in [4.69, 9.17) is 4.98 Å². The zero-order chi connectivity index (χ0) is 39.2. The minimum absolute atomic E-state index is 0.0201. The van der Waals surface area contributed by atoms with Crippen LogP contribution >= 0.6 is 0 Å². The van der Waals surface area contributed by atoms with Crippen LogP contribution in [0.5, 0.6) is 0 Å². The number of alkyl carbamates (subject to hydrolysis) is 1. The minimum atomic E-state index is -0.545. The number of imidazole rings is 2. The molecule has 12 nitrogen and oxygen atoms in total. The number of carbonyl (C=O) groups excluding carboxylic acids is 3. The molecule has 56 heavy (non-hydrogen) atoms. The number of hydrogen-bond acceptors (Lipinski definition) is 7. The molecular formula is C44H52N8O4. The molecule has 0 radical (unpaired) electrons. The van der Waals surface area contributed by atoms with E-state index in [0.29, 0.717) is 6.54 Å². The molecule has 5 aromatic rings. The highest BCUT2D eigenvalue weighted by Gasteiger charge is 2.38. The van der Waals surface area contributed by atoms with Gasteiger partial charge in [-0.2, -0.15) is 0 Å². The molecule has 0 spiro atoms. The van der Waals surface area contributed by atoms with Crippen molar-refractivity contribution in [3.8, 4) is 33.6 Å². The number of aromatic nitrogens is 4. The molecule has 2 saturated heterocycles. The van der Waals surface area contributed by atoms with Crippen molar-refractivity contribution in [3.63, 3.8) is 0 Å². The zero-order valence-electron chi connectivity index (χ0n) is 32.7. The Labute approximate surface area is 328 Å². The van der Waals surface area contributed by atoms with Crippen molar-refractivity contribution in [2.75, 3.05) is 33.3 Å². The van der Waals surface area contributed by atoms with Gasteiger partial charge in [-0.25, -0.2) is 14.8 Å². The maximum Gasteiger partial charge on any atom is 0.407 e. The number of amides is 3. The smallest absolute Gasteiger partial charge is 0.407 e. The number of carbonyl (C=O) groups is 3. The Kier molecular flexibility index (Phi) is 11.9. The Balaban J connectivity index is 0.996. The molecule has 2 aliphatic heterocycles. The molecule has 0 saturated carbocycles. The minimum Gasteiger partial charge on any atom is -0.453 e. The second-order valence-electron chi connectivity index (χ2n) is 14.7. The van der Waals surface area contributed by atoms with Gasteiger partial charge >= 0.3 is 6.09 Å². The van der Waals surface area contributed by atoms with Crippen LogP contribution in [0.1, 0.15) is 88.2 Å². The number of rotatable bonds is 13. The van der Waals surface area contributed by atoms with Crippen molar-refractivity contribution in [1.29, 1.82) is 0 Å². The fraction of sp³-hybridized carbons (Fsp3) is 0.386. The SMILES string of the molecule is CCN(CC)[C@@H](C(=O)N1CCC[C@H]1c1ncc(-c2ccc(-c3ccc(-c4cnc([C@@H]5CCCN5C(=O)C[C@H](C)NC(=O)OC)[nH]4)cc3)cc2)[nH]1)c1ccccc1. The van der Waals surface area contributed by atoms with E-state index in [2.05, 4.69) is 104 Å². The highest BCUT2D eigenvalue weighted by Crippen LogP contribution is 2.36. The van der Waals surface area contributed by atoms with Crippen molar-refractivity contribution in [3.05, 3.63) is 108 Å². The molecule has 292 valence electrons. The molecule has 2 fully saturated rings. The summed E-state index contributed by atoms with van der Waals surface area (Å²) in [7, 11) is 1.31. The third-order valence-corrected chi connectivity index (χ3v) is 11.2. The summed E-state index contributed by atoms with van der Waals surface area (Å²) >= 11 is 0. The predicted molar refractivity (Wildman–Crippen MR) is 216 cm³/mol. The van der Waals surface area contributed by atoms with Gasteiger partial charge in [0, 0.05) is 25.6 Å². The van der Waals surface area contributed by atoms with Crippen LogP contribution in [0.25, 0.3) is 33.6 Å². The number of likely N-dealkylation sites (tertiary alicyclic amines) is 2. The van der Waals surface area contributed by atoms with Gasteiger partial charge in [-0.3, -0.25) is 14.5 Å². The summed E-state index contributed by atoms with van der Waals surface area (Å²) in [4.78, 5) is 61.5. The lowest BCUT2D eigenvalue weighted by Crippen LogP contribution is -2.43. The number of H-pyrrole nitrogens is 2. The van der Waals surface area contributed by atoms with E-state index in [9.17, 15) is 14.4 Å². The number of hydrogen-bond donors (Lipinski definition) is 3. The number of aromatic amines is 2. The van der Waals surface area contributed by atoms with Crippen LogP contribution in [0.2, 0.25) is 0 Å². The maximum absolute atomic E-state index is 14.2. The van der Waals surface area contributed by atoms with Gasteiger partial charge < -0.3 is 29.8 Å². The second-order valence-corrected chi connectivity index (χ2v) is 14.7. The molecule has 2 aliphatic rings. The van der Waals surface area contributed by atoms with Crippen LogP contribution in [0, 0.1) is 0 Å². The zero-order valence-corrected chi connectivity index (χ0v) is 32.7. The maximum atomic E-state index is 14.2. The molecular weight excluding hydrogens is 705 g/mol. The summed E-state index contributed by atoms with van der Waals surface area (Å²) in [6.07, 6.45) is 6.90. The van der Waals surface area contributed by atoms with E-state index in [0.717, 1.165) is 96.2 Å². The van der Waals surface area contributed by atoms with E-state index >= 15 is 0 Å². The van der Waals surface area contributed by atoms with Crippen molar-refractivity contribution in [2.45, 2.75) is 77.0 Å². The summed E-state index contributed by atoms with van der Waals surface area (Å²) in [5.41, 5.74) is 7.07. The topological polar surface area (TPSA) is 140 Å². The van der Waals surface area contributed by atoms with Gasteiger partial charge in [-0.15, -0.1) is 0 Å². The second kappa shape index (κ2) is 17.4. The normalized spacial score (nSPS) is 17.9. The lowest BCUT2D eigenvalue weighted by atomic mass is 10.0. The number of methoxy groups -OCH3 is 1. The lowest BCUT2D eigenvalue weighted by molar-refractivity contribution is -0.138. The van der Waals surface area contributed by atoms with Crippen LogP contribution in [-0.2, 0) is 14.3 Å². The van der Waals surface area contributed by atoms with Gasteiger partial charge in [-0.1, -0.05) is 92.7 Å². The van der Waals surface area contributed by atoms with Crippen molar-refractivity contribution < 1.29 is 19.1 Å². The predicted octanol–water partition coefficient (Wildman–Crippen LogP) is 7.68. The van der Waals surface area contributed by atoms with Gasteiger partial charge in [0.15, 0.2) is 0 Å². The Morgan fingerprint density at radius 2 is 1.27 bits per heavy atom. The molecule has 4 heterocycles. The standard InChI is InChI=1S/C44H52N8O4/c1-5-50(6-2)40(34-12-8-7-9-13-34)43(54)52-25-11-15-38(52)42-46-28-36(49-42)33-22-18-31(19-23-33)30-16-20-32(21-17-30)35-27-45-41(48-35)37-14-10-24-51(37)39(53)26-29(3)47-44(55)56-4/h7-9,12-13,16-23,27-29,37-38,40H,5-6,10-11,14-15,24-26H2,1-4H3,(H,45,48)(H,46,49)(H,47,55)/t29-,37-,38-,40+/m0/s1. The average molecular weight is 757 g/mol. The van der Waals surface area contributed by atoms with E-state index in [-0.39, 0.29) is 42.4 Å². The Morgan fingerprint density at radius 1 is 0.768 bits per heavy atom. The number of nitrogens with one attached hydrogen (secondary N) is 3. The van der Waals surface area contributed by atoms with Gasteiger partial charge in [0.2, 0.25) is 11.8 Å². The molecule has 3 aromatic carbocycles. The monoisotopic (exact) mass is 756 g/mol. The van der Waals surface area contributed by atoms with Crippen LogP contribution in [0.3, 0.4) is 0 Å². The molecule has 0 aliphatic carbocycles. The first kappa shape index (κ1) is 38.5. The van der Waals surface area contributed by atoms with Crippen LogP contribution in [0.4, 0.5) is 4.79 Å². The molecule has 0 unspecified atom stereocenters. The third kappa shape index (κ3) is 8.25. The summed E-state index contributed by atoms with van der Waals surface area (Å²) < 4.78 is 4.66. The Hall–Kier alpha value is -5.75. The van der Waals surface area contributed by atoms with Gasteiger partial charge in [0.25, 0.3) is 0 Å². The van der Waals surface area contributed by atoms with E-state index in [1.54, 1.807) is 6.92 Å². The highest BCUT2D eigenvalue weighted by atomic mass is 16.5. The lowest BCUT2D eigenvalue weighted by Gasteiger charge is -2.34. The van der Waals surface area contributed by atoms with Crippen LogP contribution < -0.4 is 5.32 Å². The number of ether oxygens (including phenoxy) is 1. The molecule has 3 amide bonds. The molecule has 4 atom stereocenters. The molecule has 7 rings (SSSR count). The van der Waals surface area contributed by atoms with E-state index < -0.39 is 6.09 Å². The molecule has 2 aromatic heterocycles. The van der Waals surface area contributed by atoms with Crippen molar-refractivity contribution >= 4 is 17.9 Å². The summed E-state index contributed by atoms with van der Waals surface area (Å²) in [5, 5.41) is 2.67. The van der Waals surface area contributed by atoms with Gasteiger partial charge in [0.05, 0.1) is 43.0 Å². The Bertz CT molecular complexity index is 2090. The quantitative estimate of drug-likeness (QED) is 0.112. The molecule has 12 heteroatoms. The third-order valence-electron chi connectivity index (χ3n) is 11.2. The molecule has 3 N–H and O–H groups in total. The van der Waals surface area contributed by atoms with Gasteiger partial charge in [0.1, 0.15) is 17.7 Å². The van der Waals surface area contributed by atoms with Crippen molar-refractivity contribution in [2.24, 2.45) is 0 Å². The summed E-state index contributed by atoms with van der Waals surface area (Å²) in [6, 6.07) is 26.0. The first-order chi connectivity index (χ1) is 27.3. The average Bonchev–Trinajstić information content (AvgIpc) is 4.07. The fourth-order valence-corrected chi connectivity index (χ4v) is 8.24.